The van der Waals surface area contributed by atoms with E-state index in [0.29, 0.717) is 30.8 Å². The quantitative estimate of drug-likeness (QED) is 0.831. The Morgan fingerprint density at radius 3 is 2.44 bits per heavy atom. The maximum absolute atomic E-state index is 11.1. The lowest BCUT2D eigenvalue weighted by molar-refractivity contribution is -0.113. The van der Waals surface area contributed by atoms with Crippen LogP contribution in [0.1, 0.15) is 50.9 Å². The fourth-order valence-electron chi connectivity index (χ4n) is 2.58. The SMILES string of the molecule is CC(C)c1cc2c(cn1)OCCO2.CC(C)c1ccc2c(n1)NC(=O)CS2. The number of hydrogen-bond donors (Lipinski definition) is 1. The zero-order chi connectivity index (χ0) is 19.4. The molecule has 4 heterocycles. The van der Waals surface area contributed by atoms with E-state index in [2.05, 4.69) is 43.0 Å². The lowest BCUT2D eigenvalue weighted by atomic mass is 10.1. The number of fused-ring (bicyclic) bond motifs is 2. The maximum atomic E-state index is 11.1. The Morgan fingerprint density at radius 1 is 1.04 bits per heavy atom. The normalized spacial score (nSPS) is 15.0. The Kier molecular flexibility index (Phi) is 6.21. The van der Waals surface area contributed by atoms with Crippen LogP contribution < -0.4 is 14.8 Å². The Balaban J connectivity index is 0.000000156. The first kappa shape index (κ1) is 19.5. The van der Waals surface area contributed by atoms with Gasteiger partial charge in [-0.15, -0.1) is 11.8 Å². The van der Waals surface area contributed by atoms with Gasteiger partial charge in [0.2, 0.25) is 5.91 Å². The van der Waals surface area contributed by atoms with Crippen molar-refractivity contribution < 1.29 is 14.3 Å². The molecular formula is C20H25N3O3S. The first-order chi connectivity index (χ1) is 12.9. The Morgan fingerprint density at radius 2 is 1.74 bits per heavy atom. The molecule has 2 aromatic heterocycles. The number of nitrogens with zero attached hydrogens (tertiary/aromatic N) is 2. The molecule has 0 radical (unpaired) electrons. The van der Waals surface area contributed by atoms with Gasteiger partial charge >= 0.3 is 0 Å². The molecule has 0 saturated heterocycles. The average molecular weight is 388 g/mol. The molecule has 7 heteroatoms. The van der Waals surface area contributed by atoms with E-state index in [-0.39, 0.29) is 5.91 Å². The predicted octanol–water partition coefficient (Wildman–Crippen LogP) is 4.23. The Hall–Kier alpha value is -2.28. The molecule has 0 spiro atoms. The number of amides is 1. The van der Waals surface area contributed by atoms with Gasteiger partial charge < -0.3 is 14.8 Å². The first-order valence-corrected chi connectivity index (χ1v) is 10.1. The van der Waals surface area contributed by atoms with E-state index < -0.39 is 0 Å². The third kappa shape index (κ3) is 4.91. The number of rotatable bonds is 2. The highest BCUT2D eigenvalue weighted by molar-refractivity contribution is 8.00. The molecule has 4 rings (SSSR count). The van der Waals surface area contributed by atoms with Crippen molar-refractivity contribution in [1.29, 1.82) is 0 Å². The summed E-state index contributed by atoms with van der Waals surface area (Å²) in [6, 6.07) is 6.01. The molecule has 144 valence electrons. The van der Waals surface area contributed by atoms with Crippen LogP contribution in [0, 0.1) is 0 Å². The lowest BCUT2D eigenvalue weighted by Crippen LogP contribution is -2.20. The van der Waals surface area contributed by atoms with E-state index >= 15 is 0 Å². The molecular weight excluding hydrogens is 362 g/mol. The number of thioether (sulfide) groups is 1. The number of carbonyl (C=O) groups is 1. The monoisotopic (exact) mass is 387 g/mol. The van der Waals surface area contributed by atoms with Gasteiger partial charge in [-0.3, -0.25) is 9.78 Å². The number of hydrogen-bond acceptors (Lipinski definition) is 6. The van der Waals surface area contributed by atoms with Gasteiger partial charge in [0.1, 0.15) is 19.0 Å². The van der Waals surface area contributed by atoms with Crippen LogP contribution in [-0.4, -0.2) is 34.8 Å². The van der Waals surface area contributed by atoms with Crippen LogP contribution in [0.15, 0.2) is 29.3 Å². The molecule has 0 saturated carbocycles. The second kappa shape index (κ2) is 8.61. The van der Waals surface area contributed by atoms with Crippen molar-refractivity contribution >= 4 is 23.5 Å². The Labute approximate surface area is 164 Å². The number of carbonyl (C=O) groups excluding carboxylic acids is 1. The van der Waals surface area contributed by atoms with Crippen LogP contribution >= 0.6 is 11.8 Å². The van der Waals surface area contributed by atoms with E-state index in [4.69, 9.17) is 9.47 Å². The smallest absolute Gasteiger partial charge is 0.235 e. The van der Waals surface area contributed by atoms with Gasteiger partial charge in [0.25, 0.3) is 0 Å². The first-order valence-electron chi connectivity index (χ1n) is 9.13. The highest BCUT2D eigenvalue weighted by atomic mass is 32.2. The van der Waals surface area contributed by atoms with Gasteiger partial charge in [0, 0.05) is 17.5 Å². The summed E-state index contributed by atoms with van der Waals surface area (Å²) in [4.78, 5) is 20.9. The second-order valence-electron chi connectivity index (χ2n) is 6.98. The van der Waals surface area contributed by atoms with Crippen molar-refractivity contribution in [2.24, 2.45) is 0 Å². The van der Waals surface area contributed by atoms with Crippen molar-refractivity contribution in [2.75, 3.05) is 24.3 Å². The molecule has 0 fully saturated rings. The zero-order valence-electron chi connectivity index (χ0n) is 16.1. The van der Waals surface area contributed by atoms with Crippen LogP contribution in [0.25, 0.3) is 0 Å². The summed E-state index contributed by atoms with van der Waals surface area (Å²) >= 11 is 1.54. The van der Waals surface area contributed by atoms with E-state index in [0.717, 1.165) is 33.6 Å². The minimum atomic E-state index is 0.0379. The molecule has 0 aliphatic carbocycles. The van der Waals surface area contributed by atoms with Crippen LogP contribution in [0.4, 0.5) is 5.82 Å². The average Bonchev–Trinajstić information content (AvgIpc) is 2.67. The highest BCUT2D eigenvalue weighted by Gasteiger charge is 2.17. The van der Waals surface area contributed by atoms with Gasteiger partial charge in [-0.1, -0.05) is 27.7 Å². The molecule has 1 amide bonds. The predicted molar refractivity (Wildman–Crippen MR) is 107 cm³/mol. The van der Waals surface area contributed by atoms with Crippen LogP contribution in [0.5, 0.6) is 11.5 Å². The minimum Gasteiger partial charge on any atom is -0.486 e. The van der Waals surface area contributed by atoms with Gasteiger partial charge in [-0.25, -0.2) is 4.98 Å². The lowest BCUT2D eigenvalue weighted by Gasteiger charge is -2.18. The van der Waals surface area contributed by atoms with Gasteiger partial charge in [-0.2, -0.15) is 0 Å². The summed E-state index contributed by atoms with van der Waals surface area (Å²) in [5.41, 5.74) is 2.07. The standard InChI is InChI=1S/C10H12N2OS.C10H13NO2/c1-6(2)7-3-4-8-10(11-7)12-9(13)5-14-8;1-7(2)8-5-9-10(6-11-8)13-4-3-12-9/h3-4,6H,5H2,1-2H3,(H,11,12,13);5-7H,3-4H2,1-2H3. The fourth-order valence-corrected chi connectivity index (χ4v) is 3.34. The van der Waals surface area contributed by atoms with Crippen molar-refractivity contribution in [3.63, 3.8) is 0 Å². The molecule has 2 aromatic rings. The summed E-state index contributed by atoms with van der Waals surface area (Å²) in [5, 5.41) is 2.78. The molecule has 1 N–H and O–H groups in total. The van der Waals surface area contributed by atoms with Crippen molar-refractivity contribution in [3.05, 3.63) is 35.8 Å². The van der Waals surface area contributed by atoms with Crippen LogP contribution in [-0.2, 0) is 4.79 Å². The van der Waals surface area contributed by atoms with Crippen LogP contribution in [0.3, 0.4) is 0 Å². The second-order valence-corrected chi connectivity index (χ2v) is 8.00. The summed E-state index contributed by atoms with van der Waals surface area (Å²) in [6.07, 6.45) is 1.74. The van der Waals surface area contributed by atoms with E-state index in [1.807, 2.05) is 18.2 Å². The molecule has 0 aromatic carbocycles. The number of pyridine rings is 2. The minimum absolute atomic E-state index is 0.0379. The van der Waals surface area contributed by atoms with Crippen LogP contribution in [0.2, 0.25) is 0 Å². The van der Waals surface area contributed by atoms with Gasteiger partial charge in [0.05, 0.1) is 16.8 Å². The largest absolute Gasteiger partial charge is 0.486 e. The molecule has 6 nitrogen and oxygen atoms in total. The number of aromatic nitrogens is 2. The van der Waals surface area contributed by atoms with Crippen molar-refractivity contribution in [2.45, 2.75) is 44.4 Å². The van der Waals surface area contributed by atoms with Gasteiger partial charge in [-0.05, 0) is 24.0 Å². The molecule has 0 bridgehead atoms. The topological polar surface area (TPSA) is 73.3 Å². The summed E-state index contributed by atoms with van der Waals surface area (Å²) in [7, 11) is 0. The van der Waals surface area contributed by atoms with Crippen molar-refractivity contribution in [1.82, 2.24) is 9.97 Å². The number of ether oxygens (including phenoxy) is 2. The van der Waals surface area contributed by atoms with Gasteiger partial charge in [0.15, 0.2) is 11.5 Å². The fraction of sp³-hybridized carbons (Fsp3) is 0.450. The molecule has 2 aliphatic heterocycles. The number of nitrogens with one attached hydrogen (secondary N) is 1. The summed E-state index contributed by atoms with van der Waals surface area (Å²) in [5.74, 6) is 3.66. The molecule has 0 unspecified atom stereocenters. The zero-order valence-corrected chi connectivity index (χ0v) is 16.9. The third-order valence-electron chi connectivity index (χ3n) is 4.13. The highest BCUT2D eigenvalue weighted by Crippen LogP contribution is 2.31. The van der Waals surface area contributed by atoms with E-state index in [1.165, 1.54) is 0 Å². The number of anilines is 1. The summed E-state index contributed by atoms with van der Waals surface area (Å²) in [6.45, 7) is 9.65. The molecule has 0 atom stereocenters. The Bertz CT molecular complexity index is 824. The maximum Gasteiger partial charge on any atom is 0.235 e. The van der Waals surface area contributed by atoms with E-state index in [1.54, 1.807) is 18.0 Å². The third-order valence-corrected chi connectivity index (χ3v) is 5.18. The van der Waals surface area contributed by atoms with Crippen molar-refractivity contribution in [3.8, 4) is 11.5 Å². The summed E-state index contributed by atoms with van der Waals surface area (Å²) < 4.78 is 10.8. The molecule has 27 heavy (non-hydrogen) atoms. The van der Waals surface area contributed by atoms with E-state index in [9.17, 15) is 4.79 Å². The molecule has 2 aliphatic rings.